The topological polar surface area (TPSA) is 93.6 Å². The molecule has 3 N–H and O–H groups in total. The molecule has 1 aliphatic rings. The second-order valence-corrected chi connectivity index (χ2v) is 7.11. The van der Waals surface area contributed by atoms with E-state index in [0.29, 0.717) is 36.4 Å². The number of aliphatic imine (C=N–C) groups is 1. The Kier molecular flexibility index (Phi) is 6.02. The van der Waals surface area contributed by atoms with Crippen LogP contribution in [0.1, 0.15) is 12.0 Å². The second-order valence-electron chi connectivity index (χ2n) is 7.11. The molecule has 0 bridgehead atoms. The third-order valence-electron chi connectivity index (χ3n) is 5.08. The van der Waals surface area contributed by atoms with Crippen LogP contribution in [0.25, 0.3) is 5.57 Å². The molecule has 2 heterocycles. The van der Waals surface area contributed by atoms with E-state index in [4.69, 9.17) is 10.5 Å². The molecule has 0 saturated carbocycles. The zero-order chi connectivity index (χ0) is 22.7. The summed E-state index contributed by atoms with van der Waals surface area (Å²) in [6.07, 6.45) is 3.92. The summed E-state index contributed by atoms with van der Waals surface area (Å²) in [6, 6.07) is 9.35. The summed E-state index contributed by atoms with van der Waals surface area (Å²) >= 11 is 0. The quantitative estimate of drug-likeness (QED) is 0.567. The Morgan fingerprint density at radius 2 is 2.03 bits per heavy atom. The number of hydrogen-bond acceptors (Lipinski definition) is 7. The highest BCUT2D eigenvalue weighted by Gasteiger charge is 2.23. The summed E-state index contributed by atoms with van der Waals surface area (Å²) in [6.45, 7) is 1.30. The minimum atomic E-state index is -0.899. The van der Waals surface area contributed by atoms with Gasteiger partial charge in [-0.15, -0.1) is 5.10 Å². The van der Waals surface area contributed by atoms with E-state index in [2.05, 4.69) is 20.4 Å². The van der Waals surface area contributed by atoms with Gasteiger partial charge < -0.3 is 20.7 Å². The summed E-state index contributed by atoms with van der Waals surface area (Å²) in [4.78, 5) is 10.4. The normalized spacial score (nSPS) is 14.0. The molecule has 0 atom stereocenters. The van der Waals surface area contributed by atoms with Crippen molar-refractivity contribution in [3.63, 3.8) is 0 Å². The fourth-order valence-corrected chi connectivity index (χ4v) is 3.59. The van der Waals surface area contributed by atoms with Gasteiger partial charge in [0.2, 0.25) is 11.9 Å². The number of halogens is 2. The molecule has 1 aromatic heterocycles. The van der Waals surface area contributed by atoms with Crippen molar-refractivity contribution in [2.45, 2.75) is 13.0 Å². The molecule has 2 aromatic carbocycles. The number of rotatable bonds is 6. The first kappa shape index (κ1) is 21.3. The van der Waals surface area contributed by atoms with Gasteiger partial charge in [0.25, 0.3) is 0 Å². The Labute approximate surface area is 184 Å². The Morgan fingerprint density at radius 3 is 2.75 bits per heavy atom. The number of benzene rings is 2. The van der Waals surface area contributed by atoms with E-state index >= 15 is 0 Å². The molecule has 166 valence electrons. The molecule has 1 aliphatic heterocycles. The first-order valence-electron chi connectivity index (χ1n) is 10.0. The summed E-state index contributed by atoms with van der Waals surface area (Å²) < 4.78 is 34.4. The monoisotopic (exact) mass is 439 g/mol. The lowest BCUT2D eigenvalue weighted by Crippen LogP contribution is -2.28. The Bertz CT molecular complexity index is 1190. The molecule has 0 spiro atoms. The van der Waals surface area contributed by atoms with Crippen LogP contribution < -0.4 is 20.7 Å². The zero-order valence-corrected chi connectivity index (χ0v) is 17.7. The average molecular weight is 439 g/mol. The highest BCUT2D eigenvalue weighted by molar-refractivity contribution is 6.10. The number of anilines is 4. The number of aromatic nitrogens is 3. The van der Waals surface area contributed by atoms with Gasteiger partial charge in [-0.05, 0) is 30.7 Å². The predicted molar refractivity (Wildman–Crippen MR) is 121 cm³/mol. The van der Waals surface area contributed by atoms with E-state index in [1.165, 1.54) is 18.3 Å². The number of nitrogens with zero attached hydrogens (tertiary/aromatic N) is 5. The maximum absolute atomic E-state index is 13.7. The van der Waals surface area contributed by atoms with Gasteiger partial charge >= 0.3 is 0 Å². The van der Waals surface area contributed by atoms with Crippen molar-refractivity contribution < 1.29 is 13.5 Å². The third-order valence-corrected chi connectivity index (χ3v) is 5.08. The molecular weight excluding hydrogens is 416 g/mol. The molecule has 0 aliphatic carbocycles. The first-order chi connectivity index (χ1) is 15.5. The second kappa shape index (κ2) is 9.04. The summed E-state index contributed by atoms with van der Waals surface area (Å²) in [5.41, 5.74) is 8.49. The summed E-state index contributed by atoms with van der Waals surface area (Å²) in [5, 5.41) is 7.69. The van der Waals surface area contributed by atoms with Crippen LogP contribution in [0.15, 0.2) is 47.6 Å². The molecule has 0 unspecified atom stereocenters. The van der Waals surface area contributed by atoms with Crippen LogP contribution in [-0.4, -0.2) is 41.7 Å². The van der Waals surface area contributed by atoms with Crippen molar-refractivity contribution in [1.29, 1.82) is 0 Å². The predicted octanol–water partition coefficient (Wildman–Crippen LogP) is 3.85. The van der Waals surface area contributed by atoms with Gasteiger partial charge in [0, 0.05) is 67.2 Å². The van der Waals surface area contributed by atoms with Crippen molar-refractivity contribution in [1.82, 2.24) is 14.8 Å². The van der Waals surface area contributed by atoms with Crippen LogP contribution in [0.2, 0.25) is 0 Å². The highest BCUT2D eigenvalue weighted by atomic mass is 19.2. The van der Waals surface area contributed by atoms with E-state index in [1.54, 1.807) is 25.1 Å². The van der Waals surface area contributed by atoms with Crippen LogP contribution in [0.4, 0.5) is 32.1 Å². The molecule has 32 heavy (non-hydrogen) atoms. The van der Waals surface area contributed by atoms with E-state index in [1.807, 2.05) is 23.1 Å². The Balaban J connectivity index is 1.61. The number of nitrogens with one attached hydrogen (secondary N) is 1. The first-order valence-corrected chi connectivity index (χ1v) is 10.0. The van der Waals surface area contributed by atoms with E-state index in [9.17, 15) is 8.78 Å². The molecule has 0 fully saturated rings. The Morgan fingerprint density at radius 1 is 1.19 bits per heavy atom. The van der Waals surface area contributed by atoms with Gasteiger partial charge in [0.1, 0.15) is 5.75 Å². The van der Waals surface area contributed by atoms with Gasteiger partial charge in [0.15, 0.2) is 11.6 Å². The van der Waals surface area contributed by atoms with E-state index < -0.39 is 11.6 Å². The van der Waals surface area contributed by atoms with Crippen LogP contribution >= 0.6 is 0 Å². The number of allylic oxidation sites excluding steroid dienone is 1. The largest absolute Gasteiger partial charge is 0.496 e. The maximum atomic E-state index is 13.7. The molecule has 8 nitrogen and oxygen atoms in total. The zero-order valence-electron chi connectivity index (χ0n) is 17.7. The lowest BCUT2D eigenvalue weighted by Gasteiger charge is -2.27. The van der Waals surface area contributed by atoms with Gasteiger partial charge in [-0.3, -0.25) is 4.99 Å². The summed E-state index contributed by atoms with van der Waals surface area (Å²) in [7, 11) is 3.24. The standard InChI is InChI=1S/C22H23F2N7O/c1-26-13-14(12-25)17-6-4-15(10-20(17)32-2)27-21-28-22-30(8-3-9-31(22)29-21)16-5-7-18(23)19(24)11-16/h4-7,10-13H,3,8-9,25H2,1-2H3,(H,27,29). The van der Waals surface area contributed by atoms with Gasteiger partial charge in [-0.1, -0.05) is 0 Å². The number of hydrogen-bond donors (Lipinski definition) is 2. The van der Waals surface area contributed by atoms with Crippen molar-refractivity contribution in [3.05, 3.63) is 59.8 Å². The number of ether oxygens (including phenoxy) is 1. The molecule has 4 rings (SSSR count). The van der Waals surface area contributed by atoms with Gasteiger partial charge in [0.05, 0.1) is 7.11 Å². The minimum absolute atomic E-state index is 0.383. The fraction of sp³-hybridized carbons (Fsp3) is 0.227. The Hall–Kier alpha value is -3.95. The molecule has 3 aromatic rings. The molecule has 0 amide bonds. The number of methoxy groups -OCH3 is 1. The molecule has 0 radical (unpaired) electrons. The van der Waals surface area contributed by atoms with E-state index in [0.717, 1.165) is 29.3 Å². The van der Waals surface area contributed by atoms with E-state index in [-0.39, 0.29) is 0 Å². The van der Waals surface area contributed by atoms with Crippen LogP contribution in [-0.2, 0) is 6.54 Å². The summed E-state index contributed by atoms with van der Waals surface area (Å²) in [5.74, 6) is -0.234. The third kappa shape index (κ3) is 4.11. The smallest absolute Gasteiger partial charge is 0.248 e. The van der Waals surface area contributed by atoms with Crippen LogP contribution in [0, 0.1) is 11.6 Å². The van der Waals surface area contributed by atoms with Crippen LogP contribution in [0.5, 0.6) is 5.75 Å². The minimum Gasteiger partial charge on any atom is -0.496 e. The van der Waals surface area contributed by atoms with Crippen molar-refractivity contribution in [2.75, 3.05) is 30.9 Å². The number of fused-ring (bicyclic) bond motifs is 1. The lowest BCUT2D eigenvalue weighted by atomic mass is 10.1. The lowest BCUT2D eigenvalue weighted by molar-refractivity contribution is 0.414. The highest BCUT2D eigenvalue weighted by Crippen LogP contribution is 2.32. The molecule has 10 heteroatoms. The number of aryl methyl sites for hydroxylation is 1. The number of nitrogens with two attached hydrogens (primary N) is 1. The van der Waals surface area contributed by atoms with Crippen molar-refractivity contribution >= 4 is 35.1 Å². The van der Waals surface area contributed by atoms with Gasteiger partial charge in [-0.25, -0.2) is 13.5 Å². The fourth-order valence-electron chi connectivity index (χ4n) is 3.59. The van der Waals surface area contributed by atoms with Gasteiger partial charge in [-0.2, -0.15) is 4.98 Å². The van der Waals surface area contributed by atoms with Crippen LogP contribution in [0.3, 0.4) is 0 Å². The molecule has 0 saturated heterocycles. The maximum Gasteiger partial charge on any atom is 0.248 e. The van der Waals surface area contributed by atoms with Crippen molar-refractivity contribution in [3.8, 4) is 5.75 Å². The SMILES string of the molecule is CN=CC(=CN)c1ccc(Nc2nc3n(n2)CCCN3c2ccc(F)c(F)c2)cc1OC. The van der Waals surface area contributed by atoms with Crippen molar-refractivity contribution in [2.24, 2.45) is 10.7 Å². The molecular formula is C22H23F2N7O. The average Bonchev–Trinajstić information content (AvgIpc) is 3.22.